The van der Waals surface area contributed by atoms with Gasteiger partial charge in [-0.1, -0.05) is 11.8 Å². The molecule has 7 nitrogen and oxygen atoms in total. The van der Waals surface area contributed by atoms with Crippen molar-refractivity contribution in [3.8, 4) is 0 Å². The van der Waals surface area contributed by atoms with E-state index in [-0.39, 0.29) is 0 Å². The molecule has 0 amide bonds. The molecule has 0 aliphatic carbocycles. The molecule has 3 rings (SSSR count). The molecule has 0 aromatic carbocycles. The Kier molecular flexibility index (Phi) is 2.84. The lowest BCUT2D eigenvalue weighted by atomic mass is 10.4. The summed E-state index contributed by atoms with van der Waals surface area (Å²) in [5.41, 5.74) is 5.88. The zero-order valence-electron chi connectivity index (χ0n) is 9.44. The molecular formula is C9H9N7S2. The van der Waals surface area contributed by atoms with E-state index in [1.807, 2.05) is 11.4 Å². The maximum absolute atomic E-state index is 5.88. The molecule has 18 heavy (non-hydrogen) atoms. The van der Waals surface area contributed by atoms with Crippen LogP contribution in [0.15, 0.2) is 16.6 Å². The van der Waals surface area contributed by atoms with Gasteiger partial charge in [0, 0.05) is 7.05 Å². The van der Waals surface area contributed by atoms with Crippen molar-refractivity contribution in [3.05, 3.63) is 17.3 Å². The van der Waals surface area contributed by atoms with Gasteiger partial charge in [0.1, 0.15) is 16.5 Å². The maximum Gasteiger partial charge on any atom is 0.209 e. The summed E-state index contributed by atoms with van der Waals surface area (Å²) in [5.74, 6) is 1.80. The fraction of sp³-hybridized carbons (Fsp3) is 0.222. The molecule has 3 aromatic rings. The summed E-state index contributed by atoms with van der Waals surface area (Å²) in [6.45, 7) is 0. The summed E-state index contributed by atoms with van der Waals surface area (Å²) in [6, 6.07) is 1.93. The highest BCUT2D eigenvalue weighted by atomic mass is 32.2. The van der Waals surface area contributed by atoms with Crippen molar-refractivity contribution in [2.24, 2.45) is 7.05 Å². The zero-order chi connectivity index (χ0) is 12.5. The van der Waals surface area contributed by atoms with Crippen LogP contribution in [0.3, 0.4) is 0 Å². The van der Waals surface area contributed by atoms with Gasteiger partial charge < -0.3 is 5.73 Å². The van der Waals surface area contributed by atoms with Crippen LogP contribution in [0.5, 0.6) is 0 Å². The summed E-state index contributed by atoms with van der Waals surface area (Å²) in [4.78, 5) is 9.64. The van der Waals surface area contributed by atoms with Crippen molar-refractivity contribution >= 4 is 39.1 Å². The number of aryl methyl sites for hydroxylation is 1. The van der Waals surface area contributed by atoms with Gasteiger partial charge in [-0.3, -0.25) is 0 Å². The number of aromatic nitrogens is 6. The van der Waals surface area contributed by atoms with E-state index in [1.165, 1.54) is 11.8 Å². The normalized spacial score (nSPS) is 11.2. The Bertz CT molecular complexity index is 689. The number of anilines is 1. The Balaban J connectivity index is 1.84. The highest BCUT2D eigenvalue weighted by molar-refractivity contribution is 7.98. The summed E-state index contributed by atoms with van der Waals surface area (Å²) >= 11 is 3.03. The minimum absolute atomic E-state index is 0.521. The van der Waals surface area contributed by atoms with E-state index >= 15 is 0 Å². The number of nitrogens with zero attached hydrogens (tertiary/aromatic N) is 6. The van der Waals surface area contributed by atoms with E-state index in [1.54, 1.807) is 23.1 Å². The first-order valence-electron chi connectivity index (χ1n) is 5.09. The van der Waals surface area contributed by atoms with Crippen molar-refractivity contribution < 1.29 is 0 Å². The SMILES string of the molecule is Cn1nnnc1SCc1nc(N)c2ccsc2n1. The second-order valence-electron chi connectivity index (χ2n) is 3.54. The number of thiophene rings is 1. The maximum atomic E-state index is 5.88. The number of nitrogens with two attached hydrogens (primary N) is 1. The predicted molar refractivity (Wildman–Crippen MR) is 70.2 cm³/mol. The predicted octanol–water partition coefficient (Wildman–Crippen LogP) is 1.09. The molecule has 0 aliphatic rings. The van der Waals surface area contributed by atoms with E-state index < -0.39 is 0 Å². The van der Waals surface area contributed by atoms with Crippen molar-refractivity contribution in [3.63, 3.8) is 0 Å². The average molecular weight is 279 g/mol. The number of hydrogen-bond acceptors (Lipinski definition) is 8. The third-order valence-corrected chi connectivity index (χ3v) is 4.13. The van der Waals surface area contributed by atoms with Gasteiger partial charge in [-0.25, -0.2) is 14.6 Å². The third kappa shape index (κ3) is 2.02. The Hall–Kier alpha value is -1.74. The molecule has 0 saturated heterocycles. The molecule has 0 fully saturated rings. The second-order valence-corrected chi connectivity index (χ2v) is 5.38. The molecule has 0 spiro atoms. The number of nitrogen functional groups attached to an aromatic ring is 1. The Labute approximate surface area is 110 Å². The van der Waals surface area contributed by atoms with Crippen LogP contribution in [0.4, 0.5) is 5.82 Å². The standard InChI is InChI=1S/C9H9N7S2/c1-16-9(13-14-15-16)18-4-6-11-7(10)5-2-3-17-8(5)12-6/h2-3H,4H2,1H3,(H2,10,11,12). The topological polar surface area (TPSA) is 95.4 Å². The number of thioether (sulfide) groups is 1. The van der Waals surface area contributed by atoms with Gasteiger partial charge in [0.2, 0.25) is 5.16 Å². The quantitative estimate of drug-likeness (QED) is 0.717. The van der Waals surface area contributed by atoms with Crippen molar-refractivity contribution in [1.29, 1.82) is 0 Å². The van der Waals surface area contributed by atoms with Crippen LogP contribution < -0.4 is 5.73 Å². The minimum Gasteiger partial charge on any atom is -0.383 e. The van der Waals surface area contributed by atoms with Crippen LogP contribution in [0.2, 0.25) is 0 Å². The van der Waals surface area contributed by atoms with E-state index in [2.05, 4.69) is 25.5 Å². The Morgan fingerprint density at radius 1 is 1.44 bits per heavy atom. The molecule has 0 saturated carbocycles. The van der Waals surface area contributed by atoms with E-state index in [0.717, 1.165) is 15.4 Å². The highest BCUT2D eigenvalue weighted by Gasteiger charge is 2.09. The molecule has 0 atom stereocenters. The van der Waals surface area contributed by atoms with Crippen LogP contribution in [0.1, 0.15) is 5.82 Å². The largest absolute Gasteiger partial charge is 0.383 e. The van der Waals surface area contributed by atoms with Gasteiger partial charge in [-0.2, -0.15) is 0 Å². The van der Waals surface area contributed by atoms with E-state index in [9.17, 15) is 0 Å². The lowest BCUT2D eigenvalue weighted by Gasteiger charge is -2.01. The Morgan fingerprint density at radius 2 is 2.33 bits per heavy atom. The molecule has 2 N–H and O–H groups in total. The molecule has 0 unspecified atom stereocenters. The first-order valence-corrected chi connectivity index (χ1v) is 6.95. The van der Waals surface area contributed by atoms with Crippen LogP contribution in [-0.4, -0.2) is 30.2 Å². The number of tetrazole rings is 1. The van der Waals surface area contributed by atoms with Gasteiger partial charge in [0.25, 0.3) is 0 Å². The fourth-order valence-corrected chi connectivity index (χ4v) is 2.96. The minimum atomic E-state index is 0.521. The van der Waals surface area contributed by atoms with Crippen LogP contribution >= 0.6 is 23.1 Å². The number of hydrogen-bond donors (Lipinski definition) is 1. The van der Waals surface area contributed by atoms with Gasteiger partial charge in [-0.15, -0.1) is 16.4 Å². The highest BCUT2D eigenvalue weighted by Crippen LogP contribution is 2.25. The lowest BCUT2D eigenvalue weighted by Crippen LogP contribution is -1.99. The van der Waals surface area contributed by atoms with Crippen LogP contribution in [-0.2, 0) is 12.8 Å². The fourth-order valence-electron chi connectivity index (χ4n) is 1.46. The van der Waals surface area contributed by atoms with Gasteiger partial charge in [0.15, 0.2) is 0 Å². The van der Waals surface area contributed by atoms with Gasteiger partial charge >= 0.3 is 0 Å². The van der Waals surface area contributed by atoms with Crippen LogP contribution in [0, 0.1) is 0 Å². The number of fused-ring (bicyclic) bond motifs is 1. The monoisotopic (exact) mass is 279 g/mol. The summed E-state index contributed by atoms with van der Waals surface area (Å²) in [5, 5.41) is 14.8. The summed E-state index contributed by atoms with van der Waals surface area (Å²) in [6.07, 6.45) is 0. The second kappa shape index (κ2) is 4.50. The van der Waals surface area contributed by atoms with E-state index in [0.29, 0.717) is 17.4 Å². The van der Waals surface area contributed by atoms with E-state index in [4.69, 9.17) is 5.73 Å². The average Bonchev–Trinajstić information content (AvgIpc) is 2.95. The first-order chi connectivity index (χ1) is 8.74. The van der Waals surface area contributed by atoms with Crippen molar-refractivity contribution in [2.45, 2.75) is 10.9 Å². The summed E-state index contributed by atoms with van der Waals surface area (Å²) < 4.78 is 1.61. The molecule has 0 aliphatic heterocycles. The zero-order valence-corrected chi connectivity index (χ0v) is 11.1. The molecule has 9 heteroatoms. The lowest BCUT2D eigenvalue weighted by molar-refractivity contribution is 0.664. The summed E-state index contributed by atoms with van der Waals surface area (Å²) in [7, 11) is 1.79. The molecule has 3 heterocycles. The van der Waals surface area contributed by atoms with Crippen molar-refractivity contribution in [1.82, 2.24) is 30.2 Å². The molecule has 3 aromatic heterocycles. The molecule has 0 radical (unpaired) electrons. The molecular weight excluding hydrogens is 270 g/mol. The molecule has 92 valence electrons. The smallest absolute Gasteiger partial charge is 0.209 e. The third-order valence-electron chi connectivity index (χ3n) is 2.31. The van der Waals surface area contributed by atoms with Gasteiger partial charge in [0.05, 0.1) is 11.1 Å². The van der Waals surface area contributed by atoms with Crippen molar-refractivity contribution in [2.75, 3.05) is 5.73 Å². The van der Waals surface area contributed by atoms with Crippen LogP contribution in [0.25, 0.3) is 10.2 Å². The first kappa shape index (κ1) is 11.4. The Morgan fingerprint density at radius 3 is 3.11 bits per heavy atom. The molecule has 0 bridgehead atoms. The number of rotatable bonds is 3. The van der Waals surface area contributed by atoms with Gasteiger partial charge in [-0.05, 0) is 21.9 Å².